The van der Waals surface area contributed by atoms with Gasteiger partial charge in [-0.2, -0.15) is 0 Å². The summed E-state index contributed by atoms with van der Waals surface area (Å²) in [5, 5.41) is 9.01. The number of rotatable bonds is 5. The van der Waals surface area contributed by atoms with E-state index in [-0.39, 0.29) is 5.54 Å². The van der Waals surface area contributed by atoms with Crippen LogP contribution in [0.3, 0.4) is 0 Å². The molecule has 0 amide bonds. The monoisotopic (exact) mass is 339 g/mol. The minimum atomic E-state index is 0.0211. The Morgan fingerprint density at radius 3 is 2.35 bits per heavy atom. The Bertz CT molecular complexity index is 1020. The first-order chi connectivity index (χ1) is 12.9. The van der Waals surface area contributed by atoms with E-state index >= 15 is 0 Å². The first kappa shape index (κ1) is 15.3. The van der Waals surface area contributed by atoms with E-state index in [1.807, 2.05) is 12.1 Å². The molecular formula is C23H21N3. The van der Waals surface area contributed by atoms with Crippen LogP contribution >= 0.6 is 0 Å². The van der Waals surface area contributed by atoms with Gasteiger partial charge in [-0.3, -0.25) is 0 Å². The van der Waals surface area contributed by atoms with E-state index in [0.29, 0.717) is 5.92 Å². The van der Waals surface area contributed by atoms with Crippen molar-refractivity contribution in [3.05, 3.63) is 96.1 Å². The maximum Gasteiger partial charge on any atom is 0.113 e. The van der Waals surface area contributed by atoms with Crippen molar-refractivity contribution in [2.75, 3.05) is 0 Å². The van der Waals surface area contributed by atoms with Crippen LogP contribution in [0, 0.1) is 0 Å². The second-order valence-corrected chi connectivity index (χ2v) is 7.25. The zero-order chi connectivity index (χ0) is 17.4. The van der Waals surface area contributed by atoms with Gasteiger partial charge in [0.1, 0.15) is 5.52 Å². The molecule has 3 nitrogen and oxygen atoms in total. The van der Waals surface area contributed by atoms with Crippen molar-refractivity contribution < 1.29 is 0 Å². The van der Waals surface area contributed by atoms with E-state index in [2.05, 4.69) is 87.8 Å². The third-order valence-electron chi connectivity index (χ3n) is 5.71. The zero-order valence-electron chi connectivity index (χ0n) is 14.6. The molecule has 4 aromatic rings. The van der Waals surface area contributed by atoms with Gasteiger partial charge in [-0.15, -0.1) is 5.10 Å². The van der Waals surface area contributed by atoms with Crippen molar-refractivity contribution in [3.8, 4) is 0 Å². The lowest BCUT2D eigenvalue weighted by Crippen LogP contribution is -2.22. The standard InChI is InChI=1S/C23H21N3/c1-3-9-18(10-4-1)15-16-23(17-20(23)19-11-5-2-6-12-19)26-22-14-8-7-13-21(22)24-25-26/h1-14,20H,15-17H2. The molecule has 0 spiro atoms. The fourth-order valence-electron chi connectivity index (χ4n) is 4.23. The molecule has 2 unspecified atom stereocenters. The molecule has 1 saturated carbocycles. The Hall–Kier alpha value is -2.94. The molecule has 1 heterocycles. The molecule has 26 heavy (non-hydrogen) atoms. The van der Waals surface area contributed by atoms with E-state index in [1.165, 1.54) is 11.1 Å². The van der Waals surface area contributed by atoms with Gasteiger partial charge >= 0.3 is 0 Å². The van der Waals surface area contributed by atoms with Crippen LogP contribution in [0.4, 0.5) is 0 Å². The number of hydrogen-bond acceptors (Lipinski definition) is 2. The highest BCUT2D eigenvalue weighted by atomic mass is 15.5. The van der Waals surface area contributed by atoms with Gasteiger partial charge in [0.25, 0.3) is 0 Å². The highest BCUT2D eigenvalue weighted by Gasteiger charge is 2.57. The van der Waals surface area contributed by atoms with Gasteiger partial charge in [0.05, 0.1) is 11.1 Å². The summed E-state index contributed by atoms with van der Waals surface area (Å²) in [6.07, 6.45) is 3.25. The Morgan fingerprint density at radius 2 is 1.54 bits per heavy atom. The predicted octanol–water partition coefficient (Wildman–Crippen LogP) is 4.95. The average molecular weight is 339 g/mol. The number of aryl methyl sites for hydroxylation is 1. The Balaban J connectivity index is 1.54. The summed E-state index contributed by atoms with van der Waals surface area (Å²) >= 11 is 0. The normalized spacial score (nSPS) is 21.8. The van der Waals surface area contributed by atoms with Crippen LogP contribution in [0.25, 0.3) is 11.0 Å². The molecule has 2 atom stereocenters. The third-order valence-corrected chi connectivity index (χ3v) is 5.71. The molecule has 0 aliphatic heterocycles. The molecule has 3 heteroatoms. The third kappa shape index (κ3) is 2.51. The number of para-hydroxylation sites is 1. The van der Waals surface area contributed by atoms with Crippen LogP contribution in [0.2, 0.25) is 0 Å². The maximum atomic E-state index is 4.58. The topological polar surface area (TPSA) is 30.7 Å². The highest BCUT2D eigenvalue weighted by molar-refractivity contribution is 5.74. The van der Waals surface area contributed by atoms with Crippen LogP contribution in [0.5, 0.6) is 0 Å². The lowest BCUT2D eigenvalue weighted by Gasteiger charge is -2.19. The molecule has 1 fully saturated rings. The minimum absolute atomic E-state index is 0.0211. The van der Waals surface area contributed by atoms with Gasteiger partial charge in [0.15, 0.2) is 0 Å². The summed E-state index contributed by atoms with van der Waals surface area (Å²) in [6, 6.07) is 29.9. The van der Waals surface area contributed by atoms with Gasteiger partial charge in [-0.1, -0.05) is 78.0 Å². The summed E-state index contributed by atoms with van der Waals surface area (Å²) in [7, 11) is 0. The summed E-state index contributed by atoms with van der Waals surface area (Å²) in [5.41, 5.74) is 4.92. The van der Waals surface area contributed by atoms with E-state index in [4.69, 9.17) is 0 Å². The van der Waals surface area contributed by atoms with Crippen LogP contribution in [-0.2, 0) is 12.0 Å². The number of hydrogen-bond donors (Lipinski definition) is 0. The molecule has 1 aliphatic carbocycles. The number of benzene rings is 3. The molecule has 1 aromatic heterocycles. The first-order valence-corrected chi connectivity index (χ1v) is 9.27. The molecule has 3 aromatic carbocycles. The van der Waals surface area contributed by atoms with Crippen molar-refractivity contribution in [3.63, 3.8) is 0 Å². The molecule has 0 bridgehead atoms. The summed E-state index contributed by atoms with van der Waals surface area (Å²) in [6.45, 7) is 0. The zero-order valence-corrected chi connectivity index (χ0v) is 14.6. The minimum Gasteiger partial charge on any atom is -0.238 e. The van der Waals surface area contributed by atoms with Crippen molar-refractivity contribution in [1.29, 1.82) is 0 Å². The number of aromatic nitrogens is 3. The van der Waals surface area contributed by atoms with E-state index < -0.39 is 0 Å². The van der Waals surface area contributed by atoms with Gasteiger partial charge in [-0.25, -0.2) is 4.68 Å². The van der Waals surface area contributed by atoms with Gasteiger partial charge in [-0.05, 0) is 42.5 Å². The average Bonchev–Trinajstić information content (AvgIpc) is 3.29. The van der Waals surface area contributed by atoms with E-state index in [1.54, 1.807) is 0 Å². The highest BCUT2D eigenvalue weighted by Crippen LogP contribution is 2.60. The van der Waals surface area contributed by atoms with Crippen LogP contribution in [0.15, 0.2) is 84.9 Å². The molecule has 0 radical (unpaired) electrons. The Kier molecular flexibility index (Phi) is 3.59. The smallest absolute Gasteiger partial charge is 0.113 e. The van der Waals surface area contributed by atoms with Gasteiger partial charge < -0.3 is 0 Å². The summed E-state index contributed by atoms with van der Waals surface area (Å²) < 4.78 is 2.20. The van der Waals surface area contributed by atoms with Gasteiger partial charge in [0.2, 0.25) is 0 Å². The van der Waals surface area contributed by atoms with Crippen molar-refractivity contribution >= 4 is 11.0 Å². The van der Waals surface area contributed by atoms with E-state index in [0.717, 1.165) is 30.3 Å². The lowest BCUT2D eigenvalue weighted by molar-refractivity contribution is 0.390. The molecule has 0 saturated heterocycles. The predicted molar refractivity (Wildman–Crippen MR) is 104 cm³/mol. The number of nitrogens with zero attached hydrogens (tertiary/aromatic N) is 3. The fourth-order valence-corrected chi connectivity index (χ4v) is 4.23. The van der Waals surface area contributed by atoms with Crippen molar-refractivity contribution in [1.82, 2.24) is 15.0 Å². The second-order valence-electron chi connectivity index (χ2n) is 7.25. The molecule has 5 rings (SSSR count). The quantitative estimate of drug-likeness (QED) is 0.515. The molecule has 128 valence electrons. The molecule has 1 aliphatic rings. The Labute approximate surface area is 153 Å². The Morgan fingerprint density at radius 1 is 0.846 bits per heavy atom. The molecular weight excluding hydrogens is 318 g/mol. The largest absolute Gasteiger partial charge is 0.238 e. The fraction of sp³-hybridized carbons (Fsp3) is 0.217. The van der Waals surface area contributed by atoms with Gasteiger partial charge in [0, 0.05) is 5.92 Å². The van der Waals surface area contributed by atoms with Crippen LogP contribution in [-0.4, -0.2) is 15.0 Å². The van der Waals surface area contributed by atoms with Crippen LogP contribution < -0.4 is 0 Å². The maximum absolute atomic E-state index is 4.58. The lowest BCUT2D eigenvalue weighted by atomic mass is 9.98. The van der Waals surface area contributed by atoms with Crippen molar-refractivity contribution in [2.45, 2.75) is 30.7 Å². The SMILES string of the molecule is c1ccc(CCC2(n3nnc4ccccc43)CC2c2ccccc2)cc1. The van der Waals surface area contributed by atoms with Crippen molar-refractivity contribution in [2.24, 2.45) is 0 Å². The molecule has 0 N–H and O–H groups in total. The summed E-state index contributed by atoms with van der Waals surface area (Å²) in [4.78, 5) is 0. The second kappa shape index (κ2) is 6.10. The summed E-state index contributed by atoms with van der Waals surface area (Å²) in [5.74, 6) is 0.498. The van der Waals surface area contributed by atoms with Crippen LogP contribution in [0.1, 0.15) is 29.9 Å². The number of fused-ring (bicyclic) bond motifs is 1. The van der Waals surface area contributed by atoms with E-state index in [9.17, 15) is 0 Å². The first-order valence-electron chi connectivity index (χ1n) is 9.27.